The fourth-order valence-electron chi connectivity index (χ4n) is 5.21. The molecule has 0 unspecified atom stereocenters. The van der Waals surface area contributed by atoms with Crippen molar-refractivity contribution in [2.45, 2.75) is 0 Å². The molecule has 3 N–H and O–H groups in total. The summed E-state index contributed by atoms with van der Waals surface area (Å²) in [6.07, 6.45) is 1.71. The van der Waals surface area contributed by atoms with E-state index in [4.69, 9.17) is 9.72 Å². The topological polar surface area (TPSA) is 85.5 Å². The molecule has 3 aliphatic heterocycles. The molecule has 3 fully saturated rings. The molecular weight excluding hydrogens is 404 g/mol. The highest BCUT2D eigenvalue weighted by Crippen LogP contribution is 2.33. The first-order valence-corrected chi connectivity index (χ1v) is 11.4. The van der Waals surface area contributed by atoms with E-state index in [1.165, 1.54) is 5.69 Å². The predicted molar refractivity (Wildman–Crippen MR) is 127 cm³/mol. The second-order valence-electron chi connectivity index (χ2n) is 8.95. The number of benzene rings is 1. The van der Waals surface area contributed by atoms with Crippen LogP contribution in [0.25, 0.3) is 10.8 Å². The Kier molecular flexibility index (Phi) is 4.96. The Morgan fingerprint density at radius 1 is 1.00 bits per heavy atom. The molecule has 0 spiro atoms. The normalized spacial score (nSPS) is 23.0. The number of morpholine rings is 1. The van der Waals surface area contributed by atoms with E-state index in [-0.39, 0.29) is 5.56 Å². The summed E-state index contributed by atoms with van der Waals surface area (Å²) < 4.78 is 5.45. The molecule has 5 heterocycles. The zero-order valence-corrected chi connectivity index (χ0v) is 18.0. The molecule has 3 aliphatic rings. The molecular formula is C24H28N6O2. The van der Waals surface area contributed by atoms with Gasteiger partial charge in [0.05, 0.1) is 18.6 Å². The summed E-state index contributed by atoms with van der Waals surface area (Å²) in [4.78, 5) is 25.1. The van der Waals surface area contributed by atoms with E-state index in [0.717, 1.165) is 69.4 Å². The van der Waals surface area contributed by atoms with Crippen LogP contribution in [-0.2, 0) is 4.74 Å². The maximum atomic E-state index is 12.7. The van der Waals surface area contributed by atoms with Gasteiger partial charge < -0.3 is 30.2 Å². The number of hydrogen-bond donors (Lipinski definition) is 3. The second-order valence-corrected chi connectivity index (χ2v) is 8.95. The van der Waals surface area contributed by atoms with Crippen LogP contribution in [0.4, 0.5) is 23.0 Å². The quantitative estimate of drug-likeness (QED) is 0.583. The highest BCUT2D eigenvalue weighted by atomic mass is 16.5. The lowest BCUT2D eigenvalue weighted by Gasteiger charge is -2.29. The van der Waals surface area contributed by atoms with Crippen molar-refractivity contribution in [2.75, 3.05) is 67.6 Å². The number of fused-ring (bicyclic) bond motifs is 2. The van der Waals surface area contributed by atoms with E-state index in [0.29, 0.717) is 23.0 Å². The third-order valence-corrected chi connectivity index (χ3v) is 6.96. The molecule has 166 valence electrons. The first-order valence-electron chi connectivity index (χ1n) is 11.4. The van der Waals surface area contributed by atoms with Gasteiger partial charge in [-0.15, -0.1) is 0 Å². The smallest absolute Gasteiger partial charge is 0.259 e. The van der Waals surface area contributed by atoms with Gasteiger partial charge in [0.2, 0.25) is 0 Å². The summed E-state index contributed by atoms with van der Waals surface area (Å²) in [7, 11) is 0. The van der Waals surface area contributed by atoms with Crippen LogP contribution in [0.1, 0.15) is 0 Å². The minimum absolute atomic E-state index is 0.128. The van der Waals surface area contributed by atoms with E-state index in [1.807, 2.05) is 24.3 Å². The van der Waals surface area contributed by atoms with E-state index in [1.54, 1.807) is 6.20 Å². The molecule has 2 atom stereocenters. The molecule has 1 aromatic carbocycles. The molecule has 6 rings (SSSR count). The fourth-order valence-corrected chi connectivity index (χ4v) is 5.21. The third kappa shape index (κ3) is 3.59. The van der Waals surface area contributed by atoms with Crippen molar-refractivity contribution in [1.29, 1.82) is 0 Å². The summed E-state index contributed by atoms with van der Waals surface area (Å²) in [5, 5.41) is 8.41. The number of H-pyrrole nitrogens is 1. The van der Waals surface area contributed by atoms with Crippen molar-refractivity contribution >= 4 is 33.8 Å². The van der Waals surface area contributed by atoms with Crippen LogP contribution in [0, 0.1) is 11.8 Å². The van der Waals surface area contributed by atoms with Crippen LogP contribution < -0.4 is 26.0 Å². The first kappa shape index (κ1) is 19.6. The lowest BCUT2D eigenvalue weighted by atomic mass is 10.0. The van der Waals surface area contributed by atoms with Crippen LogP contribution in [0.2, 0.25) is 0 Å². The molecule has 0 saturated carbocycles. The Hall–Kier alpha value is -3.10. The fraction of sp³-hybridized carbons (Fsp3) is 0.417. The lowest BCUT2D eigenvalue weighted by Crippen LogP contribution is -2.36. The zero-order chi connectivity index (χ0) is 21.5. The number of anilines is 4. The summed E-state index contributed by atoms with van der Waals surface area (Å²) in [6.45, 7) is 7.51. The number of nitrogens with one attached hydrogen (secondary N) is 3. The van der Waals surface area contributed by atoms with Gasteiger partial charge in [-0.1, -0.05) is 0 Å². The number of rotatable bonds is 4. The van der Waals surface area contributed by atoms with Crippen molar-refractivity contribution in [2.24, 2.45) is 11.8 Å². The summed E-state index contributed by atoms with van der Waals surface area (Å²) in [6, 6.07) is 12.3. The largest absolute Gasteiger partial charge is 0.378 e. The predicted octanol–water partition coefficient (Wildman–Crippen LogP) is 2.16. The second kappa shape index (κ2) is 8.11. The number of pyridine rings is 2. The molecule has 0 radical (unpaired) electrons. The third-order valence-electron chi connectivity index (χ3n) is 6.96. The number of hydrogen-bond acceptors (Lipinski definition) is 7. The lowest BCUT2D eigenvalue weighted by molar-refractivity contribution is 0.122. The standard InChI is InChI=1S/C24H28N6O2/c31-24-22-16(5-6-26-24)11-21(30-14-17-12-25-13-18(17)15-30)28-23(22)27-19-1-3-20(4-2-19)29-7-9-32-10-8-29/h1-6,11,17-18,25H,7-10,12-15H2,(H,26,31)(H,27,28)/t17-,18-/m0/s1. The minimum atomic E-state index is -0.128. The van der Waals surface area contributed by atoms with Crippen molar-refractivity contribution in [1.82, 2.24) is 15.3 Å². The zero-order valence-electron chi connectivity index (χ0n) is 18.0. The molecule has 3 saturated heterocycles. The SMILES string of the molecule is O=c1[nH]ccc2cc(N3C[C@@H]4CNC[C@H]4C3)nc(Nc3ccc(N4CCOCC4)cc3)c12. The van der Waals surface area contributed by atoms with Crippen LogP contribution in [-0.4, -0.2) is 62.5 Å². The molecule has 0 amide bonds. The molecule has 32 heavy (non-hydrogen) atoms. The van der Waals surface area contributed by atoms with Gasteiger partial charge in [0.1, 0.15) is 11.6 Å². The van der Waals surface area contributed by atoms with Crippen LogP contribution in [0.15, 0.2) is 47.4 Å². The molecule has 0 aliphatic carbocycles. The first-order chi connectivity index (χ1) is 15.7. The average molecular weight is 433 g/mol. The van der Waals surface area contributed by atoms with Crippen molar-refractivity contribution in [3.8, 4) is 0 Å². The number of ether oxygens (including phenoxy) is 1. The Morgan fingerprint density at radius 2 is 1.75 bits per heavy atom. The van der Waals surface area contributed by atoms with Crippen LogP contribution >= 0.6 is 0 Å². The Morgan fingerprint density at radius 3 is 2.50 bits per heavy atom. The Bertz CT molecular complexity index is 1160. The van der Waals surface area contributed by atoms with Gasteiger partial charge >= 0.3 is 0 Å². The molecule has 2 aromatic heterocycles. The molecule has 0 bridgehead atoms. The number of aromatic nitrogens is 2. The summed E-state index contributed by atoms with van der Waals surface area (Å²) in [5.41, 5.74) is 1.97. The van der Waals surface area contributed by atoms with Gasteiger partial charge in [0.15, 0.2) is 0 Å². The molecule has 8 nitrogen and oxygen atoms in total. The highest BCUT2D eigenvalue weighted by Gasteiger charge is 2.36. The number of aromatic amines is 1. The van der Waals surface area contributed by atoms with Gasteiger partial charge in [-0.3, -0.25) is 4.79 Å². The van der Waals surface area contributed by atoms with Gasteiger partial charge in [0, 0.05) is 56.8 Å². The van der Waals surface area contributed by atoms with Gasteiger partial charge in [-0.25, -0.2) is 4.98 Å². The van der Waals surface area contributed by atoms with E-state index >= 15 is 0 Å². The van der Waals surface area contributed by atoms with Crippen LogP contribution in [0.3, 0.4) is 0 Å². The molecule has 8 heteroatoms. The van der Waals surface area contributed by atoms with E-state index in [9.17, 15) is 4.79 Å². The molecule has 3 aromatic rings. The highest BCUT2D eigenvalue weighted by molar-refractivity contribution is 5.94. The monoisotopic (exact) mass is 432 g/mol. The number of nitrogens with zero attached hydrogens (tertiary/aromatic N) is 3. The summed E-state index contributed by atoms with van der Waals surface area (Å²) >= 11 is 0. The van der Waals surface area contributed by atoms with Crippen LogP contribution in [0.5, 0.6) is 0 Å². The maximum absolute atomic E-state index is 12.7. The van der Waals surface area contributed by atoms with Gasteiger partial charge in [0.25, 0.3) is 5.56 Å². The summed E-state index contributed by atoms with van der Waals surface area (Å²) in [5.74, 6) is 2.89. The van der Waals surface area contributed by atoms with Crippen molar-refractivity contribution < 1.29 is 4.74 Å². The Labute approximate surface area is 186 Å². The average Bonchev–Trinajstić information content (AvgIpc) is 3.43. The van der Waals surface area contributed by atoms with Gasteiger partial charge in [-0.05, 0) is 53.6 Å². The maximum Gasteiger partial charge on any atom is 0.259 e. The van der Waals surface area contributed by atoms with E-state index in [2.05, 4.69) is 37.6 Å². The van der Waals surface area contributed by atoms with Crippen molar-refractivity contribution in [3.63, 3.8) is 0 Å². The van der Waals surface area contributed by atoms with Crippen molar-refractivity contribution in [3.05, 3.63) is 52.9 Å². The minimum Gasteiger partial charge on any atom is -0.378 e. The Balaban J connectivity index is 1.31. The van der Waals surface area contributed by atoms with E-state index < -0.39 is 0 Å². The van der Waals surface area contributed by atoms with Gasteiger partial charge in [-0.2, -0.15) is 0 Å².